The van der Waals surface area contributed by atoms with Gasteiger partial charge in [-0.2, -0.15) is 0 Å². The van der Waals surface area contributed by atoms with Gasteiger partial charge in [-0.05, 0) is 23.2 Å². The summed E-state index contributed by atoms with van der Waals surface area (Å²) in [6.45, 7) is 0. The minimum Gasteiger partial charge on any atom is -0.768 e. The van der Waals surface area contributed by atoms with Crippen molar-refractivity contribution in [2.75, 3.05) is 11.5 Å². The van der Waals surface area contributed by atoms with Gasteiger partial charge in [0.2, 0.25) is 0 Å². The zero-order valence-corrected chi connectivity index (χ0v) is 7.71. The monoisotopic (exact) mass is 215 g/mol. The summed E-state index contributed by atoms with van der Waals surface area (Å²) in [6, 6.07) is 2.03. The fourth-order valence-corrected chi connectivity index (χ4v) is 1.47. The predicted molar refractivity (Wildman–Crippen MR) is 49.4 cm³/mol. The van der Waals surface area contributed by atoms with Crippen LogP contribution in [0.5, 0.6) is 0 Å². The maximum Gasteiger partial charge on any atom is 0.336 e. The number of benzene rings is 1. The van der Waals surface area contributed by atoms with Crippen LogP contribution in [0, 0.1) is 0 Å². The highest BCUT2D eigenvalue weighted by Crippen LogP contribution is 2.23. The molecule has 0 saturated heterocycles. The van der Waals surface area contributed by atoms with Crippen LogP contribution in [-0.2, 0) is 11.1 Å². The van der Waals surface area contributed by atoms with Crippen LogP contribution in [0.3, 0.4) is 0 Å². The number of anilines is 2. The summed E-state index contributed by atoms with van der Waals surface area (Å²) < 4.78 is 21.3. The second-order valence-corrected chi connectivity index (χ2v) is 3.43. The third-order valence-corrected chi connectivity index (χ3v) is 2.29. The first-order valence-corrected chi connectivity index (χ1v) is 4.52. The average molecular weight is 215 g/mol. The van der Waals surface area contributed by atoms with E-state index in [9.17, 15) is 13.6 Å². The van der Waals surface area contributed by atoms with Crippen molar-refractivity contribution in [3.8, 4) is 0 Å². The van der Waals surface area contributed by atoms with Crippen molar-refractivity contribution >= 4 is 28.4 Å². The summed E-state index contributed by atoms with van der Waals surface area (Å²) in [4.78, 5) is 10.2. The lowest BCUT2D eigenvalue weighted by atomic mass is 10.2. The number of nitrogen functional groups attached to an aromatic ring is 2. The summed E-state index contributed by atoms with van der Waals surface area (Å²) in [5.74, 6) is -1.36. The average Bonchev–Trinajstić information content (AvgIpc) is 2.08. The SMILES string of the molecule is Nc1cc(C(=O)O)c(S(=O)[O-])cc1N. The van der Waals surface area contributed by atoms with E-state index < -0.39 is 17.0 Å². The van der Waals surface area contributed by atoms with Gasteiger partial charge in [-0.1, -0.05) is 0 Å². The molecule has 0 spiro atoms. The van der Waals surface area contributed by atoms with Crippen LogP contribution in [0.25, 0.3) is 0 Å². The molecule has 0 aliphatic rings. The molecule has 0 aliphatic heterocycles. The van der Waals surface area contributed by atoms with Crippen LogP contribution in [0.2, 0.25) is 0 Å². The Kier molecular flexibility index (Phi) is 2.73. The molecule has 0 radical (unpaired) electrons. The molecule has 14 heavy (non-hydrogen) atoms. The molecule has 0 fully saturated rings. The molecule has 0 saturated carbocycles. The van der Waals surface area contributed by atoms with Crippen LogP contribution < -0.4 is 11.5 Å². The Balaban J connectivity index is 3.46. The molecule has 0 bridgehead atoms. The van der Waals surface area contributed by atoms with Crippen molar-refractivity contribution in [1.29, 1.82) is 0 Å². The van der Waals surface area contributed by atoms with E-state index >= 15 is 0 Å². The van der Waals surface area contributed by atoms with Gasteiger partial charge >= 0.3 is 5.97 Å². The molecule has 0 amide bonds. The number of aromatic carboxylic acids is 1. The quantitative estimate of drug-likeness (QED) is 0.462. The second-order valence-electron chi connectivity index (χ2n) is 2.52. The molecular formula is C7H7N2O4S-. The normalized spacial score (nSPS) is 12.4. The molecule has 0 aliphatic carbocycles. The number of carboxylic acid groups (broad SMARTS) is 1. The van der Waals surface area contributed by atoms with E-state index in [2.05, 4.69) is 0 Å². The Labute approximate surface area is 81.8 Å². The molecule has 76 valence electrons. The van der Waals surface area contributed by atoms with Crippen molar-refractivity contribution < 1.29 is 18.7 Å². The molecule has 6 nitrogen and oxygen atoms in total. The molecule has 0 heterocycles. The van der Waals surface area contributed by atoms with Crippen molar-refractivity contribution in [3.05, 3.63) is 17.7 Å². The molecule has 0 aromatic heterocycles. The first-order valence-electron chi connectivity index (χ1n) is 3.45. The van der Waals surface area contributed by atoms with Crippen molar-refractivity contribution in [3.63, 3.8) is 0 Å². The standard InChI is InChI=1S/C7H8N2O4S/c8-4-1-3(7(10)11)6(14(12)13)2-5(4)9/h1-2H,8-9H2,(H,10,11)(H,12,13)/p-1. The molecule has 1 atom stereocenters. The third-order valence-electron chi connectivity index (χ3n) is 1.60. The van der Waals surface area contributed by atoms with Gasteiger partial charge in [0.15, 0.2) is 0 Å². The van der Waals surface area contributed by atoms with E-state index in [-0.39, 0.29) is 21.8 Å². The van der Waals surface area contributed by atoms with Gasteiger partial charge in [-0.25, -0.2) is 4.79 Å². The number of nitrogens with two attached hydrogens (primary N) is 2. The van der Waals surface area contributed by atoms with Crippen molar-refractivity contribution in [2.45, 2.75) is 4.90 Å². The summed E-state index contributed by atoms with van der Waals surface area (Å²) in [5.41, 5.74) is 10.4. The van der Waals surface area contributed by atoms with E-state index in [0.717, 1.165) is 12.1 Å². The first kappa shape index (κ1) is 10.5. The molecule has 5 N–H and O–H groups in total. The minimum absolute atomic E-state index is 0.0363. The maximum atomic E-state index is 10.6. The van der Waals surface area contributed by atoms with E-state index in [1.165, 1.54) is 0 Å². The fraction of sp³-hybridized carbons (Fsp3) is 0. The second kappa shape index (κ2) is 3.64. The van der Waals surface area contributed by atoms with Gasteiger partial charge in [0.25, 0.3) is 0 Å². The van der Waals surface area contributed by atoms with E-state index in [4.69, 9.17) is 16.6 Å². The Morgan fingerprint density at radius 1 is 1.36 bits per heavy atom. The summed E-state index contributed by atoms with van der Waals surface area (Å²) >= 11 is -2.65. The molecule has 1 unspecified atom stereocenters. The highest BCUT2D eigenvalue weighted by molar-refractivity contribution is 7.79. The highest BCUT2D eigenvalue weighted by atomic mass is 32.2. The number of carbonyl (C=O) groups is 1. The van der Waals surface area contributed by atoms with E-state index in [1.807, 2.05) is 0 Å². The van der Waals surface area contributed by atoms with Crippen molar-refractivity contribution in [2.24, 2.45) is 0 Å². The van der Waals surface area contributed by atoms with Gasteiger partial charge < -0.3 is 21.1 Å². The lowest BCUT2D eigenvalue weighted by molar-refractivity contribution is 0.0692. The van der Waals surface area contributed by atoms with Crippen LogP contribution in [-0.4, -0.2) is 19.8 Å². The zero-order chi connectivity index (χ0) is 10.9. The van der Waals surface area contributed by atoms with E-state index in [0.29, 0.717) is 0 Å². The topological polar surface area (TPSA) is 129 Å². The number of carboxylic acids is 1. The van der Waals surface area contributed by atoms with Crippen LogP contribution >= 0.6 is 0 Å². The Hall–Kier alpha value is -1.60. The first-order chi connectivity index (χ1) is 6.43. The fourth-order valence-electron chi connectivity index (χ4n) is 0.917. The molecule has 7 heteroatoms. The van der Waals surface area contributed by atoms with E-state index in [1.54, 1.807) is 0 Å². The number of rotatable bonds is 2. The smallest absolute Gasteiger partial charge is 0.336 e. The predicted octanol–water partition coefficient (Wildman–Crippen LogP) is -0.213. The third kappa shape index (κ3) is 1.83. The summed E-state index contributed by atoms with van der Waals surface area (Å²) in [5, 5.41) is 8.66. The van der Waals surface area contributed by atoms with Crippen LogP contribution in [0.15, 0.2) is 17.0 Å². The van der Waals surface area contributed by atoms with Crippen molar-refractivity contribution in [1.82, 2.24) is 0 Å². The largest absolute Gasteiger partial charge is 0.768 e. The Morgan fingerprint density at radius 3 is 2.29 bits per heavy atom. The molecule has 1 aromatic carbocycles. The van der Waals surface area contributed by atoms with Gasteiger partial charge in [0.05, 0.1) is 16.9 Å². The van der Waals surface area contributed by atoms with Gasteiger partial charge in [-0.15, -0.1) is 0 Å². The summed E-state index contributed by atoms with van der Waals surface area (Å²) in [6.07, 6.45) is 0. The molecular weight excluding hydrogens is 208 g/mol. The molecule has 1 aromatic rings. The Morgan fingerprint density at radius 2 is 1.86 bits per heavy atom. The summed E-state index contributed by atoms with van der Waals surface area (Å²) in [7, 11) is 0. The molecule has 1 rings (SSSR count). The lowest BCUT2D eigenvalue weighted by Crippen LogP contribution is -2.07. The Bertz CT molecular complexity index is 379. The highest BCUT2D eigenvalue weighted by Gasteiger charge is 2.12. The number of hydrogen-bond donors (Lipinski definition) is 3. The van der Waals surface area contributed by atoms with Gasteiger partial charge in [0.1, 0.15) is 0 Å². The van der Waals surface area contributed by atoms with Crippen LogP contribution in [0.1, 0.15) is 10.4 Å². The zero-order valence-electron chi connectivity index (χ0n) is 6.89. The maximum absolute atomic E-state index is 10.6. The lowest BCUT2D eigenvalue weighted by Gasteiger charge is -2.11. The van der Waals surface area contributed by atoms with Crippen LogP contribution in [0.4, 0.5) is 11.4 Å². The van der Waals surface area contributed by atoms with Gasteiger partial charge in [-0.3, -0.25) is 4.21 Å². The number of hydrogen-bond acceptors (Lipinski definition) is 5. The van der Waals surface area contributed by atoms with Gasteiger partial charge in [0, 0.05) is 4.90 Å². The minimum atomic E-state index is -2.65.